The summed E-state index contributed by atoms with van der Waals surface area (Å²) in [7, 11) is 0. The number of hydrogen-bond acceptors (Lipinski definition) is 6. The molecule has 2 amide bonds. The Bertz CT molecular complexity index is 808. The van der Waals surface area contributed by atoms with Gasteiger partial charge in [0.05, 0.1) is 6.61 Å². The van der Waals surface area contributed by atoms with Crippen LogP contribution in [0.4, 0.5) is 0 Å². The van der Waals surface area contributed by atoms with Crippen molar-refractivity contribution in [2.75, 3.05) is 26.2 Å². The standard InChI is InChI=1S/C21H28N4O4/c1-16-22-20(23-29-16)10-12-25(17(2)26)19-9-6-11-24(13-19)21(27)15-28-14-18-7-4-3-5-8-18/h3-5,7-8,19H,6,9-15H2,1-2H3. The third-order valence-electron chi connectivity index (χ3n) is 5.08. The number of carbonyl (C=O) groups excluding carboxylic acids is 2. The molecular weight excluding hydrogens is 372 g/mol. The van der Waals surface area contributed by atoms with Gasteiger partial charge in [-0.05, 0) is 18.4 Å². The fourth-order valence-electron chi connectivity index (χ4n) is 3.62. The fraction of sp³-hybridized carbons (Fsp3) is 0.524. The number of nitrogens with zero attached hydrogens (tertiary/aromatic N) is 4. The van der Waals surface area contributed by atoms with E-state index >= 15 is 0 Å². The number of amides is 2. The van der Waals surface area contributed by atoms with E-state index in [2.05, 4.69) is 10.1 Å². The Hall–Kier alpha value is -2.74. The maximum atomic E-state index is 12.6. The van der Waals surface area contributed by atoms with E-state index in [1.165, 1.54) is 0 Å². The van der Waals surface area contributed by atoms with Crippen molar-refractivity contribution in [3.05, 3.63) is 47.6 Å². The molecule has 1 unspecified atom stereocenters. The van der Waals surface area contributed by atoms with Crippen LogP contribution in [0.5, 0.6) is 0 Å². The van der Waals surface area contributed by atoms with Crippen LogP contribution < -0.4 is 0 Å². The second-order valence-corrected chi connectivity index (χ2v) is 7.31. The van der Waals surface area contributed by atoms with Crippen molar-refractivity contribution < 1.29 is 18.8 Å². The molecule has 1 aliphatic rings. The number of ether oxygens (including phenoxy) is 1. The summed E-state index contributed by atoms with van der Waals surface area (Å²) in [4.78, 5) is 32.6. The fourth-order valence-corrected chi connectivity index (χ4v) is 3.62. The Kier molecular flexibility index (Phi) is 7.35. The summed E-state index contributed by atoms with van der Waals surface area (Å²) in [6.45, 7) is 5.48. The number of likely N-dealkylation sites (tertiary alicyclic amines) is 1. The molecule has 2 aromatic rings. The molecule has 0 radical (unpaired) electrons. The van der Waals surface area contributed by atoms with Crippen LogP contribution in [-0.2, 0) is 27.4 Å². The Morgan fingerprint density at radius 3 is 2.79 bits per heavy atom. The lowest BCUT2D eigenvalue weighted by Crippen LogP contribution is -2.52. The molecule has 0 aliphatic carbocycles. The zero-order valence-electron chi connectivity index (χ0n) is 17.0. The number of carbonyl (C=O) groups is 2. The Balaban J connectivity index is 1.50. The van der Waals surface area contributed by atoms with E-state index in [0.717, 1.165) is 18.4 Å². The molecule has 1 saturated heterocycles. The number of aryl methyl sites for hydroxylation is 1. The van der Waals surface area contributed by atoms with Crippen molar-refractivity contribution >= 4 is 11.8 Å². The predicted octanol–water partition coefficient (Wildman–Crippen LogP) is 1.98. The molecule has 1 fully saturated rings. The van der Waals surface area contributed by atoms with Gasteiger partial charge in [0.15, 0.2) is 5.82 Å². The molecule has 29 heavy (non-hydrogen) atoms. The number of benzene rings is 1. The SMILES string of the molecule is CC(=O)N(CCc1noc(C)n1)C1CCCN(C(=O)COCc2ccccc2)C1. The highest BCUT2D eigenvalue weighted by Crippen LogP contribution is 2.17. The zero-order chi connectivity index (χ0) is 20.6. The van der Waals surface area contributed by atoms with Crippen molar-refractivity contribution in [1.82, 2.24) is 19.9 Å². The van der Waals surface area contributed by atoms with E-state index in [4.69, 9.17) is 9.26 Å². The molecule has 3 rings (SSSR count). The van der Waals surface area contributed by atoms with E-state index in [-0.39, 0.29) is 24.5 Å². The van der Waals surface area contributed by atoms with Gasteiger partial charge in [-0.15, -0.1) is 0 Å². The summed E-state index contributed by atoms with van der Waals surface area (Å²) >= 11 is 0. The first-order chi connectivity index (χ1) is 14.0. The van der Waals surface area contributed by atoms with Crippen molar-refractivity contribution in [1.29, 1.82) is 0 Å². The van der Waals surface area contributed by atoms with Crippen LogP contribution in [0.2, 0.25) is 0 Å². The van der Waals surface area contributed by atoms with Crippen molar-refractivity contribution in [3.8, 4) is 0 Å². The van der Waals surface area contributed by atoms with Gasteiger partial charge in [-0.1, -0.05) is 35.5 Å². The lowest BCUT2D eigenvalue weighted by Gasteiger charge is -2.39. The van der Waals surface area contributed by atoms with Gasteiger partial charge in [0, 0.05) is 45.9 Å². The molecule has 1 aromatic heterocycles. The summed E-state index contributed by atoms with van der Waals surface area (Å²) in [6, 6.07) is 9.77. The van der Waals surface area contributed by atoms with Crippen LogP contribution in [0.3, 0.4) is 0 Å². The molecular formula is C21H28N4O4. The first-order valence-corrected chi connectivity index (χ1v) is 9.99. The summed E-state index contributed by atoms with van der Waals surface area (Å²) in [5.41, 5.74) is 1.04. The summed E-state index contributed by atoms with van der Waals surface area (Å²) in [6.07, 6.45) is 2.27. The van der Waals surface area contributed by atoms with Crippen LogP contribution in [0.1, 0.15) is 37.0 Å². The average molecular weight is 400 g/mol. The normalized spacial score (nSPS) is 16.6. The smallest absolute Gasteiger partial charge is 0.248 e. The maximum Gasteiger partial charge on any atom is 0.248 e. The summed E-state index contributed by atoms with van der Waals surface area (Å²) in [5.74, 6) is 1.05. The van der Waals surface area contributed by atoms with Crippen LogP contribution in [0.15, 0.2) is 34.9 Å². The minimum absolute atomic E-state index is 0.00711. The quantitative estimate of drug-likeness (QED) is 0.673. The topological polar surface area (TPSA) is 88.8 Å². The number of rotatable bonds is 8. The van der Waals surface area contributed by atoms with Gasteiger partial charge < -0.3 is 19.1 Å². The van der Waals surface area contributed by atoms with Gasteiger partial charge in [0.1, 0.15) is 6.61 Å². The van der Waals surface area contributed by atoms with Gasteiger partial charge in [-0.3, -0.25) is 9.59 Å². The van der Waals surface area contributed by atoms with E-state index in [9.17, 15) is 9.59 Å². The van der Waals surface area contributed by atoms with Crippen LogP contribution >= 0.6 is 0 Å². The van der Waals surface area contributed by atoms with Gasteiger partial charge >= 0.3 is 0 Å². The highest BCUT2D eigenvalue weighted by atomic mass is 16.5. The Morgan fingerprint density at radius 1 is 1.31 bits per heavy atom. The molecule has 0 bridgehead atoms. The molecule has 2 heterocycles. The van der Waals surface area contributed by atoms with E-state index in [0.29, 0.717) is 44.4 Å². The highest BCUT2D eigenvalue weighted by molar-refractivity contribution is 5.78. The first-order valence-electron chi connectivity index (χ1n) is 9.99. The third-order valence-corrected chi connectivity index (χ3v) is 5.08. The number of piperidine rings is 1. The first kappa shape index (κ1) is 21.0. The van der Waals surface area contributed by atoms with Gasteiger partial charge in [-0.25, -0.2) is 0 Å². The molecule has 156 valence electrons. The second kappa shape index (κ2) is 10.2. The lowest BCUT2D eigenvalue weighted by molar-refractivity contribution is -0.142. The van der Waals surface area contributed by atoms with Crippen molar-refractivity contribution in [3.63, 3.8) is 0 Å². The minimum Gasteiger partial charge on any atom is -0.367 e. The Labute approximate surface area is 170 Å². The molecule has 0 N–H and O–H groups in total. The molecule has 1 aliphatic heterocycles. The van der Waals surface area contributed by atoms with E-state index in [1.54, 1.807) is 18.7 Å². The van der Waals surface area contributed by atoms with Gasteiger partial charge in [0.2, 0.25) is 17.7 Å². The zero-order valence-corrected chi connectivity index (χ0v) is 17.0. The largest absolute Gasteiger partial charge is 0.367 e. The molecule has 8 nitrogen and oxygen atoms in total. The second-order valence-electron chi connectivity index (χ2n) is 7.31. The monoisotopic (exact) mass is 400 g/mol. The van der Waals surface area contributed by atoms with Crippen LogP contribution in [-0.4, -0.2) is 64.0 Å². The van der Waals surface area contributed by atoms with E-state index in [1.807, 2.05) is 35.2 Å². The molecule has 1 atom stereocenters. The molecule has 1 aromatic carbocycles. The number of hydrogen-bond donors (Lipinski definition) is 0. The third kappa shape index (κ3) is 6.12. The van der Waals surface area contributed by atoms with Gasteiger partial charge in [0.25, 0.3) is 0 Å². The number of aromatic nitrogens is 2. The van der Waals surface area contributed by atoms with Crippen LogP contribution in [0, 0.1) is 6.92 Å². The molecule has 8 heteroatoms. The lowest BCUT2D eigenvalue weighted by atomic mass is 10.0. The molecule has 0 saturated carbocycles. The maximum absolute atomic E-state index is 12.6. The predicted molar refractivity (Wildman–Crippen MR) is 106 cm³/mol. The Morgan fingerprint density at radius 2 is 2.10 bits per heavy atom. The van der Waals surface area contributed by atoms with Gasteiger partial charge in [-0.2, -0.15) is 4.98 Å². The minimum atomic E-state index is -0.0390. The average Bonchev–Trinajstić information content (AvgIpc) is 3.14. The molecule has 0 spiro atoms. The highest BCUT2D eigenvalue weighted by Gasteiger charge is 2.29. The van der Waals surface area contributed by atoms with Crippen LogP contribution in [0.25, 0.3) is 0 Å². The van der Waals surface area contributed by atoms with Crippen molar-refractivity contribution in [2.24, 2.45) is 0 Å². The summed E-state index contributed by atoms with van der Waals surface area (Å²) in [5, 5.41) is 3.89. The van der Waals surface area contributed by atoms with Crippen molar-refractivity contribution in [2.45, 2.75) is 45.8 Å². The summed E-state index contributed by atoms with van der Waals surface area (Å²) < 4.78 is 10.6. The van der Waals surface area contributed by atoms with E-state index < -0.39 is 0 Å².